The standard InChI is InChI=1S/C25H22N6O5/c1-34-14-22-27-25(29-28-22)31-8-6-19-17(24(31)33)12-16-18(26-19)5-7-30(23(16)32)13-15-3-4-20-21(11-15)36-10-2-9-35-20/h3-8,11-12H,2,9-10,13-14H2,1H3,(H,27,28,29). The quantitative estimate of drug-likeness (QED) is 0.375. The summed E-state index contributed by atoms with van der Waals surface area (Å²) >= 11 is 0. The number of methoxy groups -OCH3 is 1. The van der Waals surface area contributed by atoms with Crippen LogP contribution in [0.2, 0.25) is 0 Å². The van der Waals surface area contributed by atoms with E-state index in [1.54, 1.807) is 42.3 Å². The van der Waals surface area contributed by atoms with Crippen LogP contribution in [-0.2, 0) is 17.9 Å². The lowest BCUT2D eigenvalue weighted by molar-refractivity contribution is 0.178. The van der Waals surface area contributed by atoms with Gasteiger partial charge in [0.1, 0.15) is 6.61 Å². The van der Waals surface area contributed by atoms with Crippen LogP contribution in [0.3, 0.4) is 0 Å². The zero-order valence-corrected chi connectivity index (χ0v) is 19.4. The first-order chi connectivity index (χ1) is 17.6. The highest BCUT2D eigenvalue weighted by Gasteiger charge is 2.15. The Morgan fingerprint density at radius 2 is 1.72 bits per heavy atom. The first-order valence-electron chi connectivity index (χ1n) is 11.5. The zero-order valence-electron chi connectivity index (χ0n) is 19.4. The van der Waals surface area contributed by atoms with E-state index in [1.807, 2.05) is 18.2 Å². The molecule has 182 valence electrons. The molecule has 1 aliphatic heterocycles. The summed E-state index contributed by atoms with van der Waals surface area (Å²) in [4.78, 5) is 35.5. The van der Waals surface area contributed by atoms with Crippen LogP contribution in [-0.4, -0.2) is 49.6 Å². The van der Waals surface area contributed by atoms with E-state index in [4.69, 9.17) is 14.2 Å². The molecule has 5 heterocycles. The van der Waals surface area contributed by atoms with Gasteiger partial charge in [0, 0.05) is 25.9 Å². The Balaban J connectivity index is 1.40. The van der Waals surface area contributed by atoms with Crippen molar-refractivity contribution in [3.8, 4) is 17.4 Å². The highest BCUT2D eigenvalue weighted by Crippen LogP contribution is 2.30. The highest BCUT2D eigenvalue weighted by atomic mass is 16.5. The summed E-state index contributed by atoms with van der Waals surface area (Å²) in [6.07, 6.45) is 4.09. The van der Waals surface area contributed by atoms with Crippen molar-refractivity contribution in [3.63, 3.8) is 0 Å². The molecule has 11 heteroatoms. The van der Waals surface area contributed by atoms with Gasteiger partial charge in [-0.15, -0.1) is 5.10 Å². The van der Waals surface area contributed by atoms with Gasteiger partial charge in [0.25, 0.3) is 17.1 Å². The third kappa shape index (κ3) is 3.89. The van der Waals surface area contributed by atoms with E-state index < -0.39 is 0 Å². The Morgan fingerprint density at radius 3 is 2.56 bits per heavy atom. The Kier molecular flexibility index (Phi) is 5.45. The second-order valence-electron chi connectivity index (χ2n) is 8.44. The number of nitrogens with zero attached hydrogens (tertiary/aromatic N) is 5. The molecule has 0 bridgehead atoms. The number of pyridine rings is 3. The second kappa shape index (κ2) is 8.93. The lowest BCUT2D eigenvalue weighted by atomic mass is 10.1. The Morgan fingerprint density at radius 1 is 0.944 bits per heavy atom. The first kappa shape index (κ1) is 22.0. The highest BCUT2D eigenvalue weighted by molar-refractivity contribution is 5.91. The van der Waals surface area contributed by atoms with Crippen LogP contribution in [0, 0.1) is 0 Å². The molecule has 1 aromatic carbocycles. The molecule has 0 atom stereocenters. The zero-order chi connectivity index (χ0) is 24.6. The number of aromatic nitrogens is 6. The molecule has 11 nitrogen and oxygen atoms in total. The summed E-state index contributed by atoms with van der Waals surface area (Å²) < 4.78 is 19.4. The topological polar surface area (TPSA) is 126 Å². The van der Waals surface area contributed by atoms with Crippen LogP contribution >= 0.6 is 0 Å². The fourth-order valence-electron chi connectivity index (χ4n) is 4.24. The van der Waals surface area contributed by atoms with E-state index in [0.29, 0.717) is 58.9 Å². The van der Waals surface area contributed by atoms with Gasteiger partial charge in [0.15, 0.2) is 17.3 Å². The number of benzene rings is 1. The van der Waals surface area contributed by atoms with Crippen LogP contribution in [0.5, 0.6) is 11.5 Å². The molecule has 5 aromatic rings. The molecule has 4 aromatic heterocycles. The molecule has 0 amide bonds. The van der Waals surface area contributed by atoms with Crippen LogP contribution in [0.15, 0.2) is 58.4 Å². The summed E-state index contributed by atoms with van der Waals surface area (Å²) in [6, 6.07) is 10.7. The van der Waals surface area contributed by atoms with Crippen molar-refractivity contribution in [2.45, 2.75) is 19.6 Å². The molecule has 0 aliphatic carbocycles. The second-order valence-corrected chi connectivity index (χ2v) is 8.44. The third-order valence-electron chi connectivity index (χ3n) is 6.00. The van der Waals surface area contributed by atoms with Crippen molar-refractivity contribution in [1.82, 2.24) is 29.3 Å². The maximum atomic E-state index is 13.4. The van der Waals surface area contributed by atoms with Crippen LogP contribution in [0.1, 0.15) is 17.8 Å². The average molecular weight is 486 g/mol. The van der Waals surface area contributed by atoms with Gasteiger partial charge in [-0.1, -0.05) is 6.07 Å². The van der Waals surface area contributed by atoms with Crippen molar-refractivity contribution >= 4 is 21.8 Å². The van der Waals surface area contributed by atoms with Gasteiger partial charge in [0.05, 0.1) is 41.6 Å². The van der Waals surface area contributed by atoms with E-state index in [1.165, 1.54) is 4.57 Å². The molecule has 0 spiro atoms. The molecule has 6 rings (SSSR count). The number of ether oxygens (including phenoxy) is 3. The van der Waals surface area contributed by atoms with Gasteiger partial charge in [-0.3, -0.25) is 14.7 Å². The van der Waals surface area contributed by atoms with Crippen molar-refractivity contribution < 1.29 is 14.2 Å². The smallest absolute Gasteiger partial charge is 0.267 e. The molecule has 0 unspecified atom stereocenters. The molecule has 36 heavy (non-hydrogen) atoms. The Labute approximate surface area is 203 Å². The SMILES string of the molecule is COCc1nc(-n2ccc3nc4ccn(Cc5ccc6c(c5)OCCCO6)c(=O)c4cc3c2=O)n[nH]1. The molecular weight excluding hydrogens is 464 g/mol. The monoisotopic (exact) mass is 486 g/mol. The lowest BCUT2D eigenvalue weighted by Crippen LogP contribution is -2.22. The van der Waals surface area contributed by atoms with Crippen LogP contribution < -0.4 is 20.6 Å². The minimum Gasteiger partial charge on any atom is -0.490 e. The molecule has 1 N–H and O–H groups in total. The van der Waals surface area contributed by atoms with Gasteiger partial charge in [-0.05, 0) is 35.9 Å². The van der Waals surface area contributed by atoms with Crippen LogP contribution in [0.4, 0.5) is 0 Å². The molecule has 0 saturated heterocycles. The largest absolute Gasteiger partial charge is 0.490 e. The van der Waals surface area contributed by atoms with E-state index in [0.717, 1.165) is 12.0 Å². The number of hydrogen-bond acceptors (Lipinski definition) is 8. The minimum absolute atomic E-state index is 0.189. The fraction of sp³-hybridized carbons (Fsp3) is 0.240. The minimum atomic E-state index is -0.373. The summed E-state index contributed by atoms with van der Waals surface area (Å²) in [5, 5.41) is 7.48. The fourth-order valence-corrected chi connectivity index (χ4v) is 4.24. The normalized spacial score (nSPS) is 13.2. The Hall–Kier alpha value is -4.51. The number of fused-ring (bicyclic) bond motifs is 3. The molecule has 0 fully saturated rings. The van der Waals surface area contributed by atoms with E-state index in [-0.39, 0.29) is 23.7 Å². The molecule has 0 radical (unpaired) electrons. The van der Waals surface area contributed by atoms with Crippen molar-refractivity contribution in [1.29, 1.82) is 0 Å². The van der Waals surface area contributed by atoms with E-state index in [9.17, 15) is 9.59 Å². The van der Waals surface area contributed by atoms with Crippen molar-refractivity contribution in [2.24, 2.45) is 0 Å². The number of rotatable bonds is 5. The van der Waals surface area contributed by atoms with Gasteiger partial charge in [-0.25, -0.2) is 9.55 Å². The summed E-state index contributed by atoms with van der Waals surface area (Å²) in [7, 11) is 1.54. The van der Waals surface area contributed by atoms with Gasteiger partial charge in [0.2, 0.25) is 0 Å². The molecule has 1 aliphatic rings. The molecular formula is C25H22N6O5. The summed E-state index contributed by atoms with van der Waals surface area (Å²) in [5.41, 5.74) is 1.27. The lowest BCUT2D eigenvalue weighted by Gasteiger charge is -2.11. The van der Waals surface area contributed by atoms with E-state index in [2.05, 4.69) is 20.2 Å². The maximum Gasteiger partial charge on any atom is 0.267 e. The predicted molar refractivity (Wildman–Crippen MR) is 131 cm³/mol. The Bertz CT molecular complexity index is 1720. The number of hydrogen-bond donors (Lipinski definition) is 1. The van der Waals surface area contributed by atoms with Gasteiger partial charge < -0.3 is 18.8 Å². The van der Waals surface area contributed by atoms with Crippen molar-refractivity contribution in [3.05, 3.63) is 80.9 Å². The third-order valence-corrected chi connectivity index (χ3v) is 6.00. The summed E-state index contributed by atoms with van der Waals surface area (Å²) in [6.45, 7) is 1.78. The van der Waals surface area contributed by atoms with Crippen molar-refractivity contribution in [2.75, 3.05) is 20.3 Å². The number of nitrogens with one attached hydrogen (secondary N) is 1. The first-order valence-corrected chi connectivity index (χ1v) is 11.5. The van der Waals surface area contributed by atoms with E-state index >= 15 is 0 Å². The van der Waals surface area contributed by atoms with Gasteiger partial charge >= 0.3 is 0 Å². The summed E-state index contributed by atoms with van der Waals surface area (Å²) in [5.74, 6) is 2.06. The number of aromatic amines is 1. The predicted octanol–water partition coefficient (Wildman–Crippen LogP) is 2.17. The van der Waals surface area contributed by atoms with Crippen LogP contribution in [0.25, 0.3) is 27.8 Å². The average Bonchev–Trinajstić information content (AvgIpc) is 3.21. The van der Waals surface area contributed by atoms with Gasteiger partial charge in [-0.2, -0.15) is 4.98 Å². The number of H-pyrrole nitrogens is 1. The maximum absolute atomic E-state index is 13.4. The molecule has 0 saturated carbocycles.